The maximum atomic E-state index is 13.9. The monoisotopic (exact) mass is 350 g/mol. The van der Waals surface area contributed by atoms with Crippen LogP contribution >= 0.6 is 11.6 Å². The Morgan fingerprint density at radius 2 is 1.96 bits per heavy atom. The molecule has 124 valence electrons. The third kappa shape index (κ3) is 3.46. The molecule has 24 heavy (non-hydrogen) atoms. The highest BCUT2D eigenvalue weighted by Crippen LogP contribution is 2.24. The van der Waals surface area contributed by atoms with Crippen LogP contribution < -0.4 is 10.6 Å². The number of carbonyl (C=O) groups excluding carboxylic acids is 1. The molecule has 2 aromatic heterocycles. The second-order valence-corrected chi connectivity index (χ2v) is 5.63. The summed E-state index contributed by atoms with van der Waals surface area (Å²) < 4.78 is 29.2. The number of anilines is 2. The van der Waals surface area contributed by atoms with Gasteiger partial charge in [-0.15, -0.1) is 0 Å². The number of imidazole rings is 1. The highest BCUT2D eigenvalue weighted by molar-refractivity contribution is 6.30. The first-order valence-electron chi connectivity index (χ1n) is 7.06. The highest BCUT2D eigenvalue weighted by atomic mass is 35.5. The summed E-state index contributed by atoms with van der Waals surface area (Å²) in [6.45, 7) is 1.47. The number of hydrogen-bond donors (Lipinski definition) is 2. The topological polar surface area (TPSA) is 58.4 Å². The van der Waals surface area contributed by atoms with Gasteiger partial charge in [0.1, 0.15) is 17.3 Å². The molecule has 0 spiro atoms. The van der Waals surface area contributed by atoms with E-state index in [1.54, 1.807) is 28.9 Å². The zero-order valence-electron chi connectivity index (χ0n) is 12.6. The van der Waals surface area contributed by atoms with Gasteiger partial charge in [-0.3, -0.25) is 4.79 Å². The smallest absolute Gasteiger partial charge is 0.221 e. The van der Waals surface area contributed by atoms with E-state index in [4.69, 9.17) is 11.6 Å². The van der Waals surface area contributed by atoms with E-state index in [2.05, 4.69) is 15.6 Å². The molecule has 5 nitrogen and oxygen atoms in total. The SMILES string of the molecule is CC(=O)Nc1cc(NCc2cn3cc(Cl)ccc3n2)c(F)cc1F. The number of carbonyl (C=O) groups is 1. The molecule has 0 aliphatic heterocycles. The van der Waals surface area contributed by atoms with E-state index >= 15 is 0 Å². The summed E-state index contributed by atoms with van der Waals surface area (Å²) in [5.41, 5.74) is 1.33. The molecule has 2 N–H and O–H groups in total. The minimum atomic E-state index is -0.837. The first-order chi connectivity index (χ1) is 11.4. The van der Waals surface area contributed by atoms with Crippen LogP contribution in [-0.4, -0.2) is 15.3 Å². The van der Waals surface area contributed by atoms with Crippen molar-refractivity contribution in [2.45, 2.75) is 13.5 Å². The zero-order chi connectivity index (χ0) is 17.3. The average molecular weight is 351 g/mol. The molecule has 0 atom stereocenters. The molecule has 3 aromatic rings. The lowest BCUT2D eigenvalue weighted by atomic mass is 10.2. The predicted molar refractivity (Wildman–Crippen MR) is 88.2 cm³/mol. The lowest BCUT2D eigenvalue weighted by Crippen LogP contribution is -2.09. The Balaban J connectivity index is 1.81. The van der Waals surface area contributed by atoms with Crippen LogP contribution in [0.1, 0.15) is 12.6 Å². The Morgan fingerprint density at radius 3 is 2.71 bits per heavy atom. The average Bonchev–Trinajstić information content (AvgIpc) is 2.90. The minimum Gasteiger partial charge on any atom is -0.377 e. The Kier molecular flexibility index (Phi) is 4.35. The molecule has 0 aliphatic carbocycles. The van der Waals surface area contributed by atoms with Crippen molar-refractivity contribution < 1.29 is 13.6 Å². The summed E-state index contributed by atoms with van der Waals surface area (Å²) in [5.74, 6) is -2.03. The number of nitrogens with zero attached hydrogens (tertiary/aromatic N) is 2. The first-order valence-corrected chi connectivity index (χ1v) is 7.44. The van der Waals surface area contributed by atoms with Crippen LogP contribution in [0.25, 0.3) is 5.65 Å². The maximum absolute atomic E-state index is 13.9. The largest absolute Gasteiger partial charge is 0.377 e. The van der Waals surface area contributed by atoms with Gasteiger partial charge in [0.25, 0.3) is 0 Å². The molecule has 0 bridgehead atoms. The van der Waals surface area contributed by atoms with E-state index in [1.165, 1.54) is 13.0 Å². The van der Waals surface area contributed by atoms with E-state index in [0.717, 1.165) is 6.07 Å². The molecule has 0 aliphatic rings. The molecule has 0 saturated heterocycles. The maximum Gasteiger partial charge on any atom is 0.221 e. The van der Waals surface area contributed by atoms with Gasteiger partial charge in [0.05, 0.1) is 28.6 Å². The molecule has 8 heteroatoms. The molecule has 0 fully saturated rings. The van der Waals surface area contributed by atoms with Crippen molar-refractivity contribution in [2.24, 2.45) is 0 Å². The van der Waals surface area contributed by atoms with Gasteiger partial charge in [-0.25, -0.2) is 13.8 Å². The van der Waals surface area contributed by atoms with Crippen LogP contribution in [0.15, 0.2) is 36.7 Å². The van der Waals surface area contributed by atoms with Gasteiger partial charge in [0.15, 0.2) is 0 Å². The number of halogens is 3. The number of nitrogens with one attached hydrogen (secondary N) is 2. The summed E-state index contributed by atoms with van der Waals surface area (Å²) in [6, 6.07) is 5.41. The Morgan fingerprint density at radius 1 is 1.21 bits per heavy atom. The van der Waals surface area contributed by atoms with E-state index < -0.39 is 17.5 Å². The van der Waals surface area contributed by atoms with E-state index in [9.17, 15) is 13.6 Å². The fourth-order valence-electron chi connectivity index (χ4n) is 2.26. The van der Waals surface area contributed by atoms with Crippen molar-refractivity contribution in [3.63, 3.8) is 0 Å². The fourth-order valence-corrected chi connectivity index (χ4v) is 2.43. The molecule has 1 aromatic carbocycles. The lowest BCUT2D eigenvalue weighted by molar-refractivity contribution is -0.114. The number of fused-ring (bicyclic) bond motifs is 1. The van der Waals surface area contributed by atoms with E-state index in [1.807, 2.05) is 0 Å². The minimum absolute atomic E-state index is 0.0650. The second kappa shape index (κ2) is 6.45. The Hall–Kier alpha value is -2.67. The van der Waals surface area contributed by atoms with Crippen molar-refractivity contribution in [1.82, 2.24) is 9.38 Å². The first kappa shape index (κ1) is 16.2. The van der Waals surface area contributed by atoms with Crippen molar-refractivity contribution in [3.8, 4) is 0 Å². The van der Waals surface area contributed by atoms with Gasteiger partial charge in [-0.1, -0.05) is 11.6 Å². The van der Waals surface area contributed by atoms with Gasteiger partial charge in [-0.05, 0) is 18.2 Å². The van der Waals surface area contributed by atoms with Gasteiger partial charge >= 0.3 is 0 Å². The molecule has 0 saturated carbocycles. The van der Waals surface area contributed by atoms with Crippen LogP contribution in [-0.2, 0) is 11.3 Å². The molecular formula is C16H13ClF2N4O. The number of hydrogen-bond acceptors (Lipinski definition) is 3. The summed E-state index contributed by atoms with van der Waals surface area (Å²) >= 11 is 5.91. The molecular weight excluding hydrogens is 338 g/mol. The van der Waals surface area contributed by atoms with Crippen LogP contribution in [0, 0.1) is 11.6 Å². The van der Waals surface area contributed by atoms with Gasteiger partial charge in [0.2, 0.25) is 5.91 Å². The molecule has 3 rings (SSSR count). The third-order valence-corrected chi connectivity index (χ3v) is 3.52. The second-order valence-electron chi connectivity index (χ2n) is 5.19. The van der Waals surface area contributed by atoms with Gasteiger partial charge in [-0.2, -0.15) is 0 Å². The quantitative estimate of drug-likeness (QED) is 0.751. The predicted octanol–water partition coefficient (Wildman–Crippen LogP) is 3.84. The van der Waals surface area contributed by atoms with E-state index in [0.29, 0.717) is 16.4 Å². The highest BCUT2D eigenvalue weighted by Gasteiger charge is 2.11. The van der Waals surface area contributed by atoms with Crippen molar-refractivity contribution in [2.75, 3.05) is 10.6 Å². The number of aromatic nitrogens is 2. The molecule has 2 heterocycles. The Labute approximate surface area is 141 Å². The van der Waals surface area contributed by atoms with Crippen molar-refractivity contribution in [1.29, 1.82) is 0 Å². The summed E-state index contributed by atoms with van der Waals surface area (Å²) in [7, 11) is 0. The molecule has 0 radical (unpaired) electrons. The normalized spacial score (nSPS) is 10.8. The van der Waals surface area contributed by atoms with Crippen molar-refractivity contribution >= 4 is 34.5 Å². The third-order valence-electron chi connectivity index (χ3n) is 3.29. The molecule has 0 unspecified atom stereocenters. The number of benzene rings is 1. The summed E-state index contributed by atoms with van der Waals surface area (Å²) in [6.07, 6.45) is 3.46. The van der Waals surface area contributed by atoms with Crippen LogP contribution in [0.4, 0.5) is 20.2 Å². The van der Waals surface area contributed by atoms with Crippen LogP contribution in [0.3, 0.4) is 0 Å². The lowest BCUT2D eigenvalue weighted by Gasteiger charge is -2.10. The summed E-state index contributed by atoms with van der Waals surface area (Å²) in [4.78, 5) is 15.4. The Bertz CT molecular complexity index is 926. The molecule has 1 amide bonds. The standard InChI is InChI=1S/C16H13ClF2N4O/c1-9(24)21-15-5-14(12(18)4-13(15)19)20-6-11-8-23-7-10(17)2-3-16(23)22-11/h2-5,7-8,20H,6H2,1H3,(H,21,24). The number of pyridine rings is 1. The fraction of sp³-hybridized carbons (Fsp3) is 0.125. The van der Waals surface area contributed by atoms with Crippen LogP contribution in [0.2, 0.25) is 5.02 Å². The van der Waals surface area contributed by atoms with Gasteiger partial charge in [0, 0.05) is 25.4 Å². The number of amides is 1. The van der Waals surface area contributed by atoms with E-state index in [-0.39, 0.29) is 17.9 Å². The van der Waals surface area contributed by atoms with Crippen LogP contribution in [0.5, 0.6) is 0 Å². The van der Waals surface area contributed by atoms with Crippen molar-refractivity contribution in [3.05, 3.63) is 59.0 Å². The van der Waals surface area contributed by atoms with Gasteiger partial charge < -0.3 is 15.0 Å². The number of rotatable bonds is 4. The zero-order valence-corrected chi connectivity index (χ0v) is 13.4. The summed E-state index contributed by atoms with van der Waals surface area (Å²) in [5, 5.41) is 5.73.